The highest BCUT2D eigenvalue weighted by Crippen LogP contribution is 2.43. The molecule has 2 aromatic rings. The van der Waals surface area contributed by atoms with E-state index in [2.05, 4.69) is 74.6 Å². The van der Waals surface area contributed by atoms with E-state index >= 15 is 0 Å². The largest absolute Gasteiger partial charge is 0.378 e. The predicted molar refractivity (Wildman–Crippen MR) is 90.8 cm³/mol. The van der Waals surface area contributed by atoms with Crippen LogP contribution in [0.1, 0.15) is 55.3 Å². The van der Waals surface area contributed by atoms with Gasteiger partial charge in [0.15, 0.2) is 0 Å². The number of nitrogens with one attached hydrogen (secondary N) is 1. The minimum absolute atomic E-state index is 0.454. The molecule has 3 rings (SSSR count). The van der Waals surface area contributed by atoms with Gasteiger partial charge in [-0.2, -0.15) is 0 Å². The Morgan fingerprint density at radius 3 is 1.95 bits per heavy atom. The lowest BCUT2D eigenvalue weighted by Gasteiger charge is -2.21. The normalized spacial score (nSPS) is 16.0. The van der Waals surface area contributed by atoms with Gasteiger partial charge in [0, 0.05) is 5.69 Å². The Kier molecular flexibility index (Phi) is 4.01. The van der Waals surface area contributed by atoms with E-state index in [4.69, 9.17) is 0 Å². The van der Waals surface area contributed by atoms with Crippen molar-refractivity contribution in [1.82, 2.24) is 0 Å². The van der Waals surface area contributed by atoms with Crippen LogP contribution in [-0.2, 0) is 0 Å². The summed E-state index contributed by atoms with van der Waals surface area (Å²) in [6, 6.07) is 18.4. The van der Waals surface area contributed by atoms with Crippen LogP contribution in [0, 0.1) is 12.8 Å². The predicted octanol–water partition coefficient (Wildman–Crippen LogP) is 5.68. The van der Waals surface area contributed by atoms with Crippen LogP contribution in [0.5, 0.6) is 0 Å². The van der Waals surface area contributed by atoms with Crippen molar-refractivity contribution >= 4 is 5.69 Å². The quantitative estimate of drug-likeness (QED) is 0.742. The standard InChI is InChI=1S/C20H25N/c1-14(2)16-10-12-19(13-11-16)21-20(18-8-9-18)17-6-4-15(3)5-7-17/h4-7,10-14,18,20-21H,8-9H2,1-3H3. The van der Waals surface area contributed by atoms with Gasteiger partial charge in [0.05, 0.1) is 6.04 Å². The van der Waals surface area contributed by atoms with E-state index in [9.17, 15) is 0 Å². The maximum absolute atomic E-state index is 3.74. The Morgan fingerprint density at radius 1 is 0.857 bits per heavy atom. The van der Waals surface area contributed by atoms with Crippen molar-refractivity contribution in [3.63, 3.8) is 0 Å². The highest BCUT2D eigenvalue weighted by atomic mass is 14.9. The summed E-state index contributed by atoms with van der Waals surface area (Å²) in [7, 11) is 0. The molecule has 0 spiro atoms. The molecule has 1 fully saturated rings. The molecular formula is C20H25N. The van der Waals surface area contributed by atoms with Crippen LogP contribution in [0.15, 0.2) is 48.5 Å². The van der Waals surface area contributed by atoms with Gasteiger partial charge < -0.3 is 5.32 Å². The Balaban J connectivity index is 1.77. The van der Waals surface area contributed by atoms with E-state index < -0.39 is 0 Å². The van der Waals surface area contributed by atoms with Gasteiger partial charge in [-0.05, 0) is 54.9 Å². The summed E-state index contributed by atoms with van der Waals surface area (Å²) in [6.07, 6.45) is 2.69. The van der Waals surface area contributed by atoms with Crippen molar-refractivity contribution in [3.05, 3.63) is 65.2 Å². The SMILES string of the molecule is Cc1ccc(C(Nc2ccc(C(C)C)cc2)C2CC2)cc1. The maximum Gasteiger partial charge on any atom is 0.0542 e. The van der Waals surface area contributed by atoms with Crippen LogP contribution in [0.2, 0.25) is 0 Å². The second kappa shape index (κ2) is 5.93. The smallest absolute Gasteiger partial charge is 0.0542 e. The summed E-state index contributed by atoms with van der Waals surface area (Å²) in [5, 5.41) is 3.74. The van der Waals surface area contributed by atoms with Crippen LogP contribution in [0.4, 0.5) is 5.69 Å². The summed E-state index contributed by atoms with van der Waals surface area (Å²) in [5.41, 5.74) is 5.38. The first kappa shape index (κ1) is 14.2. The molecule has 1 saturated carbocycles. The molecule has 1 unspecified atom stereocenters. The highest BCUT2D eigenvalue weighted by molar-refractivity contribution is 5.48. The molecular weight excluding hydrogens is 254 g/mol. The van der Waals surface area contributed by atoms with E-state index in [1.165, 1.54) is 35.2 Å². The first-order valence-electron chi connectivity index (χ1n) is 8.06. The van der Waals surface area contributed by atoms with Gasteiger partial charge in [-0.25, -0.2) is 0 Å². The zero-order valence-corrected chi connectivity index (χ0v) is 13.3. The van der Waals surface area contributed by atoms with E-state index in [0.29, 0.717) is 12.0 Å². The molecule has 1 aliphatic carbocycles. The van der Waals surface area contributed by atoms with Gasteiger partial charge in [0.1, 0.15) is 0 Å². The molecule has 0 heterocycles. The molecule has 0 saturated heterocycles. The lowest BCUT2D eigenvalue weighted by atomic mass is 10.00. The number of aryl methyl sites for hydroxylation is 1. The van der Waals surface area contributed by atoms with Crippen molar-refractivity contribution in [2.75, 3.05) is 5.32 Å². The van der Waals surface area contributed by atoms with Gasteiger partial charge >= 0.3 is 0 Å². The van der Waals surface area contributed by atoms with Gasteiger partial charge in [-0.3, -0.25) is 0 Å². The second-order valence-corrected chi connectivity index (χ2v) is 6.65. The molecule has 0 aliphatic heterocycles. The molecule has 0 aromatic heterocycles. The zero-order valence-electron chi connectivity index (χ0n) is 13.3. The molecule has 1 atom stereocenters. The van der Waals surface area contributed by atoms with Gasteiger partial charge in [0.25, 0.3) is 0 Å². The summed E-state index contributed by atoms with van der Waals surface area (Å²) < 4.78 is 0. The third-order valence-electron chi connectivity index (χ3n) is 4.43. The Labute approximate surface area is 128 Å². The summed E-state index contributed by atoms with van der Waals surface area (Å²) in [6.45, 7) is 6.62. The van der Waals surface area contributed by atoms with Crippen LogP contribution in [0.3, 0.4) is 0 Å². The number of hydrogen-bond acceptors (Lipinski definition) is 1. The molecule has 2 aromatic carbocycles. The van der Waals surface area contributed by atoms with Gasteiger partial charge in [0.2, 0.25) is 0 Å². The van der Waals surface area contributed by atoms with E-state index in [1.54, 1.807) is 0 Å². The number of benzene rings is 2. The van der Waals surface area contributed by atoms with Crippen molar-refractivity contribution in [1.29, 1.82) is 0 Å². The van der Waals surface area contributed by atoms with Gasteiger partial charge in [-0.15, -0.1) is 0 Å². The first-order valence-corrected chi connectivity index (χ1v) is 8.06. The molecule has 1 N–H and O–H groups in total. The number of rotatable bonds is 5. The number of hydrogen-bond donors (Lipinski definition) is 1. The van der Waals surface area contributed by atoms with Crippen LogP contribution >= 0.6 is 0 Å². The minimum atomic E-state index is 0.454. The van der Waals surface area contributed by atoms with Crippen LogP contribution < -0.4 is 5.32 Å². The number of anilines is 1. The molecule has 1 heteroatoms. The molecule has 0 amide bonds. The second-order valence-electron chi connectivity index (χ2n) is 6.65. The van der Waals surface area contributed by atoms with Crippen LogP contribution in [0.25, 0.3) is 0 Å². The average Bonchev–Trinajstić information content (AvgIpc) is 3.31. The minimum Gasteiger partial charge on any atom is -0.378 e. The molecule has 0 radical (unpaired) electrons. The summed E-state index contributed by atoms with van der Waals surface area (Å²) in [5.74, 6) is 1.38. The lowest BCUT2D eigenvalue weighted by Crippen LogP contribution is -2.12. The Morgan fingerprint density at radius 2 is 1.43 bits per heavy atom. The third kappa shape index (κ3) is 3.47. The molecule has 1 aliphatic rings. The van der Waals surface area contributed by atoms with Crippen molar-refractivity contribution in [3.8, 4) is 0 Å². The molecule has 1 nitrogen and oxygen atoms in total. The van der Waals surface area contributed by atoms with Crippen molar-refractivity contribution in [2.45, 2.75) is 45.6 Å². The summed E-state index contributed by atoms with van der Waals surface area (Å²) >= 11 is 0. The Hall–Kier alpha value is -1.76. The topological polar surface area (TPSA) is 12.0 Å². The van der Waals surface area contributed by atoms with Crippen molar-refractivity contribution in [2.24, 2.45) is 5.92 Å². The fourth-order valence-corrected chi connectivity index (χ4v) is 2.82. The molecule has 21 heavy (non-hydrogen) atoms. The van der Waals surface area contributed by atoms with E-state index in [0.717, 1.165) is 5.92 Å². The van der Waals surface area contributed by atoms with E-state index in [-0.39, 0.29) is 0 Å². The lowest BCUT2D eigenvalue weighted by molar-refractivity contribution is 0.679. The van der Waals surface area contributed by atoms with Gasteiger partial charge in [-0.1, -0.05) is 55.8 Å². The third-order valence-corrected chi connectivity index (χ3v) is 4.43. The monoisotopic (exact) mass is 279 g/mol. The van der Waals surface area contributed by atoms with Crippen LogP contribution in [-0.4, -0.2) is 0 Å². The fraction of sp³-hybridized carbons (Fsp3) is 0.400. The summed E-state index contributed by atoms with van der Waals surface area (Å²) in [4.78, 5) is 0. The van der Waals surface area contributed by atoms with E-state index in [1.807, 2.05) is 0 Å². The molecule has 110 valence electrons. The fourth-order valence-electron chi connectivity index (χ4n) is 2.82. The zero-order chi connectivity index (χ0) is 14.8. The molecule has 0 bridgehead atoms. The van der Waals surface area contributed by atoms with Crippen molar-refractivity contribution < 1.29 is 0 Å². The maximum atomic E-state index is 3.74. The Bertz CT molecular complexity index is 576. The average molecular weight is 279 g/mol. The highest BCUT2D eigenvalue weighted by Gasteiger charge is 2.32. The first-order chi connectivity index (χ1) is 10.1.